The molecule has 9 aliphatic heterocycles. The Labute approximate surface area is 854 Å². The number of cyclic esters (lactones) is 1. The van der Waals surface area contributed by atoms with Crippen LogP contribution in [-0.4, -0.2) is 257 Å². The molecule has 3 aromatic rings. The number of fused-ring (bicyclic) bond motifs is 9. The highest BCUT2D eigenvalue weighted by Gasteiger charge is 2.66. The van der Waals surface area contributed by atoms with Crippen molar-refractivity contribution in [3.05, 3.63) is 161 Å². The summed E-state index contributed by atoms with van der Waals surface area (Å²) in [6.07, 6.45) is 22.5. The second kappa shape index (κ2) is 43.6. The topological polar surface area (TPSA) is 523 Å². The third kappa shape index (κ3) is 23.5. The van der Waals surface area contributed by atoms with Gasteiger partial charge in [0.2, 0.25) is 77.3 Å². The van der Waals surface area contributed by atoms with E-state index in [-0.39, 0.29) is 101 Å². The lowest BCUT2D eigenvalue weighted by atomic mass is 9.96. The Morgan fingerprint density at radius 2 is 0.816 bits per heavy atom. The lowest BCUT2D eigenvalue weighted by Crippen LogP contribution is -2.59. The molecule has 9 heterocycles. The average molecular weight is 2090 g/mol. The number of nitrogens with one attached hydrogen (secondary N) is 9. The maximum Gasteiger partial charge on any atom is 0.410 e. The molecule has 0 spiro atoms. The van der Waals surface area contributed by atoms with Gasteiger partial charge in [-0.1, -0.05) is 156 Å². The monoisotopic (exact) mass is 2090 g/mol. The summed E-state index contributed by atoms with van der Waals surface area (Å²) in [5.41, 5.74) is 4.27. The van der Waals surface area contributed by atoms with Gasteiger partial charge < -0.3 is 65.5 Å². The Morgan fingerprint density at radius 1 is 0.456 bits per heavy atom. The summed E-state index contributed by atoms with van der Waals surface area (Å²) in [5, 5.41) is 14.8. The minimum absolute atomic E-state index is 0.0383. The Bertz CT molecular complexity index is 6250. The molecule has 7 aliphatic carbocycles. The molecule has 16 aliphatic rings. The molecule has 10 fully saturated rings. The first-order chi connectivity index (χ1) is 70.3. The summed E-state index contributed by atoms with van der Waals surface area (Å²) in [4.78, 5) is 213. The highest BCUT2D eigenvalue weighted by Crippen LogP contribution is 2.50. The molecule has 12 bridgehead atoms. The number of nitrogens with zero attached hydrogens (tertiary/aromatic N) is 6. The van der Waals surface area contributed by atoms with E-state index in [4.69, 9.17) is 18.9 Å². The summed E-state index contributed by atoms with van der Waals surface area (Å²) in [6.45, 7) is 18.6. The summed E-state index contributed by atoms with van der Waals surface area (Å²) < 4.78 is 105. The van der Waals surface area contributed by atoms with Gasteiger partial charge in [-0.3, -0.25) is 81.6 Å². The zero-order valence-electron chi connectivity index (χ0n) is 82.9. The molecule has 0 aromatic heterocycles. The van der Waals surface area contributed by atoms with Crippen molar-refractivity contribution in [2.24, 2.45) is 29.6 Å². The number of hydrogen-bond donors (Lipinski definition) is 9. The van der Waals surface area contributed by atoms with Crippen molar-refractivity contribution in [2.75, 3.05) is 26.2 Å². The van der Waals surface area contributed by atoms with E-state index >= 15 is 0 Å². The quantitative estimate of drug-likeness (QED) is 0.0333. The first kappa shape index (κ1) is 106. The number of sulfonamides is 3. The van der Waals surface area contributed by atoms with Crippen molar-refractivity contribution in [3.63, 3.8) is 0 Å². The van der Waals surface area contributed by atoms with Gasteiger partial charge in [0.1, 0.15) is 71.2 Å². The molecule has 147 heavy (non-hydrogen) atoms. The number of carbonyl (C=O) groups excluding carboxylic acids is 15. The molecule has 0 radical (unpaired) electrons. The second-order valence-corrected chi connectivity index (χ2v) is 47.8. The van der Waals surface area contributed by atoms with Crippen molar-refractivity contribution in [2.45, 2.75) is 314 Å². The predicted molar refractivity (Wildman–Crippen MR) is 534 cm³/mol. The molecule has 40 nitrogen and oxygen atoms in total. The average Bonchev–Trinajstić information content (AvgIpc) is 1.58. The number of hydrogen-bond acceptors (Lipinski definition) is 25. The second-order valence-electron chi connectivity index (χ2n) is 41.9. The molecule has 3 saturated heterocycles. The normalized spacial score (nSPS) is 29.9. The van der Waals surface area contributed by atoms with Crippen LogP contribution in [0.4, 0.5) is 19.2 Å². The van der Waals surface area contributed by atoms with Crippen LogP contribution in [0.1, 0.15) is 238 Å². The van der Waals surface area contributed by atoms with Gasteiger partial charge >= 0.3 is 24.4 Å². The molecular weight excluding hydrogens is 1960 g/mol. The highest BCUT2D eigenvalue weighted by atomic mass is 32.2. The number of carbonyl (C=O) groups is 15. The Kier molecular flexibility index (Phi) is 31.3. The van der Waals surface area contributed by atoms with Crippen molar-refractivity contribution in [1.82, 2.24) is 75.5 Å². The van der Waals surface area contributed by atoms with Gasteiger partial charge in [0.15, 0.2) is 0 Å². The van der Waals surface area contributed by atoms with E-state index in [1.54, 1.807) is 28.5 Å². The Morgan fingerprint density at radius 3 is 1.17 bits per heavy atom. The van der Waals surface area contributed by atoms with E-state index in [2.05, 4.69) is 65.8 Å². The van der Waals surface area contributed by atoms with E-state index in [9.17, 15) is 97.2 Å². The Hall–Kier alpha value is -12.8. The third-order valence-electron chi connectivity index (χ3n) is 31.0. The number of unbranched alkanes of at least 4 members (excludes halogenated alkanes) is 1. The van der Waals surface area contributed by atoms with Crippen LogP contribution in [0.5, 0.6) is 0 Å². The molecule has 790 valence electrons. The van der Waals surface area contributed by atoms with Gasteiger partial charge in [-0.05, 0) is 171 Å². The summed E-state index contributed by atoms with van der Waals surface area (Å²) in [7, 11) is -11.7. The number of benzene rings is 3. The van der Waals surface area contributed by atoms with Crippen LogP contribution in [0.25, 0.3) is 18.2 Å². The molecule has 9 N–H and O–H groups in total. The molecule has 15 amide bonds. The van der Waals surface area contributed by atoms with Crippen LogP contribution in [0.2, 0.25) is 0 Å². The minimum atomic E-state index is -3.90. The van der Waals surface area contributed by atoms with E-state index in [1.165, 1.54) is 32.9 Å². The number of allylic oxidation sites excluding steroid dienone is 2. The fourth-order valence-corrected chi connectivity index (χ4v) is 25.8. The maximum absolute atomic E-state index is 14.4. The first-order valence-electron chi connectivity index (χ1n) is 51.4. The van der Waals surface area contributed by atoms with Crippen LogP contribution < -0.4 is 46.1 Å². The van der Waals surface area contributed by atoms with Crippen LogP contribution >= 0.6 is 0 Å². The molecule has 3 aromatic carbocycles. The zero-order valence-corrected chi connectivity index (χ0v) is 85.3. The van der Waals surface area contributed by atoms with Gasteiger partial charge in [-0.2, -0.15) is 0 Å². The zero-order chi connectivity index (χ0) is 105. The van der Waals surface area contributed by atoms with Gasteiger partial charge in [-0.25, -0.2) is 44.4 Å². The lowest BCUT2D eigenvalue weighted by Gasteiger charge is -2.32. The summed E-state index contributed by atoms with van der Waals surface area (Å²) >= 11 is 0. The highest BCUT2D eigenvalue weighted by molar-refractivity contribution is 7.91. The SMILES string of the molecule is C=C[C@@H]1C[C@]1(NC(=O)[C@@H]1C[C@@H]2CN1C(=O)[C@H](C(C)C)NC(=O)CCC/C=C/c1cccc3c1CN(C3)C(=O)O2)C(=O)NS(=O)(=O)C1CC1.C=C[C@@H]1C[C@]1(NC(=O)[C@@H]1C[C@@H]2CN1C(=O)[C@H](C1CCCC1)NC(=O)OCC/C=C/c1cccc3c1CN(C3)C(=O)O2)C(=O)NS(=O)(=O)C1CC1.C=C[C@@H]1C[C@]1(NC(=O)[C@@H]1C[C@@H]2CN1C(=O)[C@H](CCCC)NC(=O)CCC/C=C/c1cccc3c1CN(C3)C(=O)O2)C(=O)NS(=O)(=O)C1CC1. The van der Waals surface area contributed by atoms with Gasteiger partial charge in [0.05, 0.1) is 61.6 Å². The summed E-state index contributed by atoms with van der Waals surface area (Å²) in [6, 6.07) is 11.3. The molecule has 15 atom stereocenters. The number of ether oxygens (including phenoxy) is 4. The van der Waals surface area contributed by atoms with Crippen LogP contribution in [0, 0.1) is 29.6 Å². The fraction of sp³-hybridized carbons (Fsp3) is 0.567. The maximum atomic E-state index is 14.4. The molecule has 7 saturated carbocycles. The van der Waals surface area contributed by atoms with E-state index in [1.807, 2.05) is 98.0 Å². The molecule has 43 heteroatoms. The van der Waals surface area contributed by atoms with Crippen LogP contribution in [-0.2, 0) is 141 Å². The Balaban J connectivity index is 0.000000151. The van der Waals surface area contributed by atoms with Crippen LogP contribution in [0.15, 0.2) is 111 Å². The van der Waals surface area contributed by atoms with Gasteiger partial charge in [-0.15, -0.1) is 19.7 Å². The van der Waals surface area contributed by atoms with E-state index in [0.29, 0.717) is 136 Å². The van der Waals surface area contributed by atoms with Crippen LogP contribution in [0.3, 0.4) is 0 Å². The van der Waals surface area contributed by atoms with Gasteiger partial charge in [0, 0.05) is 69.5 Å². The molecular formula is C104H131N15O25S3. The standard InChI is InChI=1S/C35H43N5O9S.C35H45N5O8S.C34H43N5O8S/c1-2-24-17-35(24,32(43)38-50(46,47)26-13-14-26)37-30(41)28-16-25-19-40(28)31(42)29(22-9-3-4-10-22)36-33(44)48-15-6-5-8-21-11-7-12-23-18-39(20-27(21)23)34(45)49-25;1-3-5-13-28-32(43)40-20-25(17-29(40)31(42)37-35(18-24(35)4-2)33(44)38-49(46,47)26-15-16-26)48-34(45)39-19-23-12-9-11-22(27(23)21-39)10-7-6-8-14-30(41)36-28;1-4-23-16-34(23,32(43)37-48(45,46)25-13-14-25)36-30(41)27-15-24-18-39(27)31(42)29(20(2)3)35-28(40)12-7-5-6-9-21-10-8-11-22-17-38(19-26(21)22)33(44)47-24/h2,5,7-8,11-12,22,24-26,28-29H,1,3-4,6,9-10,13-20H2,(H,36,44)(H,37,41)(H,38,43);4,7,9-12,24-26,28-29H,2-3,5-6,8,13-21H2,1H3,(H,36,41)(H,37,42)(H,38,44);4,6,8-11,20,23-25,27,29H,1,5,7,12-19H2,2-3H3,(H,35,40)(H,36,41)(H,37,43)/b8-5+;10-7+;9-6+/t2*24-,25-,28+,29+,35-;23-,24-,27+,29+,34-/m111/s1. The number of rotatable bonds is 23. The first-order valence-corrected chi connectivity index (χ1v) is 56.0. The van der Waals surface area contributed by atoms with E-state index in [0.717, 1.165) is 69.3 Å². The smallest absolute Gasteiger partial charge is 0.410 e. The van der Waals surface area contributed by atoms with Gasteiger partial charge in [0.25, 0.3) is 17.7 Å². The van der Waals surface area contributed by atoms with E-state index < -0.39 is 212 Å². The minimum Gasteiger partial charge on any atom is -0.449 e. The van der Waals surface area contributed by atoms with Crippen molar-refractivity contribution in [1.29, 1.82) is 0 Å². The number of amides is 15. The molecule has 0 unspecified atom stereocenters. The third-order valence-corrected chi connectivity index (χ3v) is 36.5. The predicted octanol–water partition coefficient (Wildman–Crippen LogP) is 7.24. The molecule has 19 rings (SSSR count). The fourth-order valence-electron chi connectivity index (χ4n) is 21.7. The van der Waals surface area contributed by atoms with Crippen molar-refractivity contribution < 1.29 is 116 Å². The summed E-state index contributed by atoms with van der Waals surface area (Å²) in [5.74, 6) is -8.76. The lowest BCUT2D eigenvalue weighted by molar-refractivity contribution is -0.143. The number of alkyl carbamates (subject to hydrolysis) is 1. The van der Waals surface area contributed by atoms with Crippen molar-refractivity contribution in [3.8, 4) is 0 Å². The largest absolute Gasteiger partial charge is 0.449 e. The van der Waals surface area contributed by atoms with Crippen molar-refractivity contribution >= 4 is 138 Å².